The first-order valence-electron chi connectivity index (χ1n) is 4.69. The highest BCUT2D eigenvalue weighted by Gasteiger charge is 2.28. The second-order valence-corrected chi connectivity index (χ2v) is 3.57. The average Bonchev–Trinajstić information content (AvgIpc) is 2.29. The van der Waals surface area contributed by atoms with Crippen LogP contribution in [0.2, 0.25) is 0 Å². The summed E-state index contributed by atoms with van der Waals surface area (Å²) in [7, 11) is 0. The first-order chi connectivity index (χ1) is 7.18. The zero-order valence-corrected chi connectivity index (χ0v) is 8.57. The lowest BCUT2D eigenvalue weighted by Gasteiger charge is -2.21. The fourth-order valence-corrected chi connectivity index (χ4v) is 1.54. The van der Waals surface area contributed by atoms with E-state index in [4.69, 9.17) is 15.6 Å². The molecule has 0 amide bonds. The summed E-state index contributed by atoms with van der Waals surface area (Å²) in [6.45, 7) is 1.67. The molecule has 1 unspecified atom stereocenters. The molecule has 15 heavy (non-hydrogen) atoms. The number of hydrogen-bond acceptors (Lipinski definition) is 3. The van der Waals surface area contributed by atoms with Crippen LogP contribution < -0.4 is 0 Å². The highest BCUT2D eigenvalue weighted by molar-refractivity contribution is 5.45. The van der Waals surface area contributed by atoms with E-state index >= 15 is 0 Å². The molecule has 0 bridgehead atoms. The number of aliphatic hydroxyl groups excluding tert-OH is 1. The maximum absolute atomic E-state index is 9.12. The summed E-state index contributed by atoms with van der Waals surface area (Å²) in [5.74, 6) is 0. The second kappa shape index (κ2) is 4.59. The Bertz CT molecular complexity index is 428. The Labute approximate surface area is 89.2 Å². The van der Waals surface area contributed by atoms with Crippen molar-refractivity contribution in [1.82, 2.24) is 0 Å². The van der Waals surface area contributed by atoms with E-state index in [0.29, 0.717) is 17.5 Å². The molecule has 0 spiro atoms. The molecule has 0 aliphatic carbocycles. The van der Waals surface area contributed by atoms with Gasteiger partial charge in [-0.2, -0.15) is 10.5 Å². The summed E-state index contributed by atoms with van der Waals surface area (Å²) in [6, 6.07) is 11.2. The van der Waals surface area contributed by atoms with Crippen LogP contribution in [0.3, 0.4) is 0 Å². The number of nitriles is 2. The van der Waals surface area contributed by atoms with Crippen molar-refractivity contribution in [3.63, 3.8) is 0 Å². The van der Waals surface area contributed by atoms with Gasteiger partial charge in [-0.3, -0.25) is 0 Å². The third kappa shape index (κ3) is 2.15. The van der Waals surface area contributed by atoms with Crippen LogP contribution in [0.5, 0.6) is 0 Å². The summed E-state index contributed by atoms with van der Waals surface area (Å²) < 4.78 is 0. The molecule has 0 saturated carbocycles. The van der Waals surface area contributed by atoms with Crippen LogP contribution in [-0.4, -0.2) is 11.7 Å². The fraction of sp³-hybridized carbons (Fsp3) is 0.333. The molecule has 0 aromatic heterocycles. The topological polar surface area (TPSA) is 67.8 Å². The van der Waals surface area contributed by atoms with Crippen molar-refractivity contribution in [1.29, 1.82) is 10.5 Å². The van der Waals surface area contributed by atoms with Crippen LogP contribution in [0.4, 0.5) is 0 Å². The third-order valence-electron chi connectivity index (χ3n) is 2.50. The lowest BCUT2D eigenvalue weighted by atomic mass is 9.79. The molecule has 3 nitrogen and oxygen atoms in total. The van der Waals surface area contributed by atoms with Gasteiger partial charge in [0.2, 0.25) is 0 Å². The zero-order chi connectivity index (χ0) is 11.3. The minimum atomic E-state index is -0.791. The maximum atomic E-state index is 9.12. The molecule has 3 heteroatoms. The molecule has 76 valence electrons. The van der Waals surface area contributed by atoms with Gasteiger partial charge in [-0.15, -0.1) is 0 Å². The van der Waals surface area contributed by atoms with Crippen LogP contribution in [0.1, 0.15) is 24.5 Å². The Morgan fingerprint density at radius 2 is 2.00 bits per heavy atom. The van der Waals surface area contributed by atoms with E-state index in [-0.39, 0.29) is 6.61 Å². The lowest BCUT2D eigenvalue weighted by Crippen LogP contribution is -2.22. The Morgan fingerprint density at radius 3 is 2.53 bits per heavy atom. The first-order valence-corrected chi connectivity index (χ1v) is 4.69. The van der Waals surface area contributed by atoms with Crippen molar-refractivity contribution in [3.8, 4) is 12.1 Å². The predicted octanol–water partition coefficient (Wildman–Crippen LogP) is 1.72. The number of rotatable bonds is 3. The van der Waals surface area contributed by atoms with Gasteiger partial charge in [-0.05, 0) is 25.0 Å². The van der Waals surface area contributed by atoms with E-state index in [1.165, 1.54) is 0 Å². The van der Waals surface area contributed by atoms with Gasteiger partial charge in [0, 0.05) is 6.61 Å². The monoisotopic (exact) mass is 200 g/mol. The lowest BCUT2D eigenvalue weighted by molar-refractivity contribution is 0.264. The van der Waals surface area contributed by atoms with Crippen molar-refractivity contribution < 1.29 is 5.11 Å². The first kappa shape index (κ1) is 11.2. The fourth-order valence-electron chi connectivity index (χ4n) is 1.54. The highest BCUT2D eigenvalue weighted by atomic mass is 16.3. The van der Waals surface area contributed by atoms with Crippen LogP contribution in [0.15, 0.2) is 24.3 Å². The van der Waals surface area contributed by atoms with Gasteiger partial charge in [0.05, 0.1) is 23.1 Å². The van der Waals surface area contributed by atoms with Crippen LogP contribution in [0, 0.1) is 22.7 Å². The highest BCUT2D eigenvalue weighted by Crippen LogP contribution is 2.29. The third-order valence-corrected chi connectivity index (χ3v) is 2.50. The second-order valence-electron chi connectivity index (χ2n) is 3.57. The van der Waals surface area contributed by atoms with Crippen molar-refractivity contribution in [2.45, 2.75) is 18.8 Å². The number of hydrogen-bond donors (Lipinski definition) is 1. The van der Waals surface area contributed by atoms with Gasteiger partial charge in [0.25, 0.3) is 0 Å². The molecule has 0 aliphatic rings. The average molecular weight is 200 g/mol. The Morgan fingerprint density at radius 1 is 1.33 bits per heavy atom. The van der Waals surface area contributed by atoms with E-state index in [0.717, 1.165) is 0 Å². The smallest absolute Gasteiger partial charge is 0.0995 e. The van der Waals surface area contributed by atoms with Crippen molar-refractivity contribution in [3.05, 3.63) is 35.4 Å². The summed E-state index contributed by atoms with van der Waals surface area (Å²) >= 11 is 0. The van der Waals surface area contributed by atoms with Crippen LogP contribution in [0.25, 0.3) is 0 Å². The van der Waals surface area contributed by atoms with Crippen molar-refractivity contribution in [2.75, 3.05) is 6.61 Å². The van der Waals surface area contributed by atoms with Gasteiger partial charge in [-0.1, -0.05) is 18.2 Å². The van der Waals surface area contributed by atoms with Gasteiger partial charge >= 0.3 is 0 Å². The molecule has 1 aromatic rings. The molecule has 0 saturated heterocycles. The van der Waals surface area contributed by atoms with E-state index < -0.39 is 5.41 Å². The molecule has 0 heterocycles. The number of nitrogens with zero attached hydrogens (tertiary/aromatic N) is 2. The molecule has 0 fully saturated rings. The summed E-state index contributed by atoms with van der Waals surface area (Å²) in [5.41, 5.74) is 0.389. The normalized spacial score (nSPS) is 13.6. The van der Waals surface area contributed by atoms with Crippen LogP contribution in [-0.2, 0) is 5.41 Å². The number of benzene rings is 1. The van der Waals surface area contributed by atoms with E-state index in [2.05, 4.69) is 12.1 Å². The summed E-state index contributed by atoms with van der Waals surface area (Å²) in [4.78, 5) is 0. The minimum absolute atomic E-state index is 0.0657. The van der Waals surface area contributed by atoms with E-state index in [1.807, 2.05) is 0 Å². The van der Waals surface area contributed by atoms with Gasteiger partial charge < -0.3 is 5.11 Å². The van der Waals surface area contributed by atoms with Gasteiger partial charge in [0.1, 0.15) is 0 Å². The quantitative estimate of drug-likeness (QED) is 0.807. The molecule has 1 atom stereocenters. The Kier molecular flexibility index (Phi) is 3.44. The SMILES string of the molecule is CC(C#N)(CCO)c1ccccc1C#N. The van der Waals surface area contributed by atoms with E-state index in [1.54, 1.807) is 31.2 Å². The molecule has 1 aromatic carbocycles. The minimum Gasteiger partial charge on any atom is -0.396 e. The predicted molar refractivity (Wildman–Crippen MR) is 55.8 cm³/mol. The number of aliphatic hydroxyl groups is 1. The molecule has 0 radical (unpaired) electrons. The molecular weight excluding hydrogens is 188 g/mol. The molecule has 1 rings (SSSR count). The maximum Gasteiger partial charge on any atom is 0.0995 e. The van der Waals surface area contributed by atoms with Gasteiger partial charge in [-0.25, -0.2) is 0 Å². The molecular formula is C12H12N2O. The zero-order valence-electron chi connectivity index (χ0n) is 8.57. The Balaban J connectivity index is 3.26. The molecule has 0 aliphatic heterocycles. The van der Waals surface area contributed by atoms with E-state index in [9.17, 15) is 0 Å². The Hall–Kier alpha value is -1.84. The summed E-state index contributed by atoms with van der Waals surface area (Å²) in [5, 5.41) is 27.0. The van der Waals surface area contributed by atoms with Crippen LogP contribution >= 0.6 is 0 Å². The van der Waals surface area contributed by atoms with Crippen molar-refractivity contribution >= 4 is 0 Å². The van der Waals surface area contributed by atoms with Crippen molar-refractivity contribution in [2.24, 2.45) is 0 Å². The standard InChI is InChI=1S/C12H12N2O/c1-12(9-14,6-7-15)11-5-3-2-4-10(11)8-13/h2-5,15H,6-7H2,1H3. The largest absolute Gasteiger partial charge is 0.396 e. The summed E-state index contributed by atoms with van der Waals surface area (Å²) in [6.07, 6.45) is 0.336. The molecule has 1 N–H and O–H groups in total. The van der Waals surface area contributed by atoms with Gasteiger partial charge in [0.15, 0.2) is 0 Å².